The lowest BCUT2D eigenvalue weighted by molar-refractivity contribution is -0.128. The number of aromatic nitrogens is 2. The summed E-state index contributed by atoms with van der Waals surface area (Å²) in [6.45, 7) is 9.33. The third-order valence-electron chi connectivity index (χ3n) is 9.89. The second-order valence-electron chi connectivity index (χ2n) is 12.1. The van der Waals surface area contributed by atoms with Crippen LogP contribution in [0.3, 0.4) is 0 Å². The number of aryl methyl sites for hydroxylation is 1. The van der Waals surface area contributed by atoms with Gasteiger partial charge in [-0.05, 0) is 88.2 Å². The number of benzene rings is 1. The molecule has 2 aliphatic heterocycles. The molecule has 0 N–H and O–H groups in total. The molecule has 6 rings (SSSR count). The normalized spacial score (nSPS) is 25.9. The van der Waals surface area contributed by atoms with Gasteiger partial charge in [-0.3, -0.25) is 4.79 Å². The van der Waals surface area contributed by atoms with Crippen LogP contribution in [0, 0.1) is 18.3 Å². The summed E-state index contributed by atoms with van der Waals surface area (Å²) >= 11 is 0. The maximum absolute atomic E-state index is 12.5. The number of likely N-dealkylation sites (tertiary alicyclic amines) is 1. The third-order valence-corrected chi connectivity index (χ3v) is 9.89. The van der Waals surface area contributed by atoms with Crippen molar-refractivity contribution in [2.75, 3.05) is 44.7 Å². The standard InChI is InChI=1S/C32H40N6O2/c1-4-29(39)38-18-17-37(20-23(38)12-15-33)30-26-11-14-32(13-10-25-22(2)7-5-9-27(25)32)19-28(26)34-31(35-30)40-21-24-8-6-16-36(24)3/h4-5,7,9,23-24H,1,6,8,10-14,16-21H2,2-3H3. The number of rotatable bonds is 6. The van der Waals surface area contributed by atoms with Crippen molar-refractivity contribution >= 4 is 11.7 Å². The third kappa shape index (κ3) is 4.75. The van der Waals surface area contributed by atoms with E-state index in [1.54, 1.807) is 4.90 Å². The number of carbonyl (C=O) groups is 1. The number of ether oxygens (including phenoxy) is 1. The Labute approximate surface area is 237 Å². The van der Waals surface area contributed by atoms with Crippen molar-refractivity contribution in [3.05, 3.63) is 58.8 Å². The van der Waals surface area contributed by atoms with E-state index >= 15 is 0 Å². The molecule has 40 heavy (non-hydrogen) atoms. The number of anilines is 1. The van der Waals surface area contributed by atoms with E-state index in [0.717, 1.165) is 56.6 Å². The van der Waals surface area contributed by atoms with Crippen LogP contribution in [0.2, 0.25) is 0 Å². The highest BCUT2D eigenvalue weighted by atomic mass is 16.5. The summed E-state index contributed by atoms with van der Waals surface area (Å²) in [5, 5.41) is 9.51. The van der Waals surface area contributed by atoms with Crippen LogP contribution >= 0.6 is 0 Å². The maximum Gasteiger partial charge on any atom is 0.318 e. The lowest BCUT2D eigenvalue weighted by atomic mass is 9.69. The molecule has 8 heteroatoms. The van der Waals surface area contributed by atoms with Gasteiger partial charge < -0.3 is 19.4 Å². The predicted molar refractivity (Wildman–Crippen MR) is 155 cm³/mol. The number of hydrogen-bond acceptors (Lipinski definition) is 7. The Morgan fingerprint density at radius 2 is 2.02 bits per heavy atom. The fourth-order valence-corrected chi connectivity index (χ4v) is 7.57. The van der Waals surface area contributed by atoms with Crippen LogP contribution in [0.15, 0.2) is 30.9 Å². The average Bonchev–Trinajstić information content (AvgIpc) is 3.54. The molecule has 8 nitrogen and oxygen atoms in total. The zero-order chi connectivity index (χ0) is 27.9. The fraction of sp³-hybridized carbons (Fsp3) is 0.562. The van der Waals surface area contributed by atoms with E-state index in [9.17, 15) is 10.1 Å². The smallest absolute Gasteiger partial charge is 0.318 e. The molecule has 1 aromatic heterocycles. The van der Waals surface area contributed by atoms with E-state index in [1.807, 2.05) is 0 Å². The topological polar surface area (TPSA) is 85.6 Å². The highest BCUT2D eigenvalue weighted by Gasteiger charge is 2.44. The molecule has 2 fully saturated rings. The van der Waals surface area contributed by atoms with Crippen molar-refractivity contribution in [2.24, 2.45) is 0 Å². The minimum atomic E-state index is -0.203. The Hall–Kier alpha value is -3.44. The van der Waals surface area contributed by atoms with E-state index < -0.39 is 0 Å². The van der Waals surface area contributed by atoms with Gasteiger partial charge in [0.05, 0.1) is 24.2 Å². The molecule has 3 heterocycles. The van der Waals surface area contributed by atoms with E-state index in [2.05, 4.69) is 54.6 Å². The molecule has 0 radical (unpaired) electrons. The molecule has 210 valence electrons. The lowest BCUT2D eigenvalue weighted by Crippen LogP contribution is -2.55. The van der Waals surface area contributed by atoms with Gasteiger partial charge in [0.25, 0.3) is 0 Å². The minimum absolute atomic E-state index is 0.112. The van der Waals surface area contributed by atoms with Gasteiger partial charge in [0.2, 0.25) is 5.91 Å². The van der Waals surface area contributed by atoms with Crippen molar-refractivity contribution in [3.8, 4) is 12.1 Å². The van der Waals surface area contributed by atoms with Crippen LogP contribution in [0.4, 0.5) is 5.82 Å². The lowest BCUT2D eigenvalue weighted by Gasteiger charge is -2.42. The first-order valence-electron chi connectivity index (χ1n) is 14.8. The first kappa shape index (κ1) is 26.8. The molecule has 2 aliphatic carbocycles. The number of nitrogens with zero attached hydrogens (tertiary/aromatic N) is 6. The molecule has 1 spiro atoms. The van der Waals surface area contributed by atoms with Crippen LogP contribution in [0.5, 0.6) is 6.01 Å². The molecule has 2 aromatic rings. The van der Waals surface area contributed by atoms with Crippen LogP contribution in [-0.4, -0.2) is 77.6 Å². The van der Waals surface area contributed by atoms with Gasteiger partial charge in [-0.15, -0.1) is 0 Å². The molecule has 1 aromatic carbocycles. The summed E-state index contributed by atoms with van der Waals surface area (Å²) in [6.07, 6.45) is 9.11. The van der Waals surface area contributed by atoms with Crippen molar-refractivity contribution in [3.63, 3.8) is 0 Å². The Morgan fingerprint density at radius 3 is 2.77 bits per heavy atom. The monoisotopic (exact) mass is 540 g/mol. The van der Waals surface area contributed by atoms with Crippen molar-refractivity contribution in [1.29, 1.82) is 5.26 Å². The predicted octanol–water partition coefficient (Wildman–Crippen LogP) is 3.75. The van der Waals surface area contributed by atoms with Crippen molar-refractivity contribution in [2.45, 2.75) is 75.8 Å². The molecular weight excluding hydrogens is 500 g/mol. The van der Waals surface area contributed by atoms with Gasteiger partial charge in [0, 0.05) is 36.7 Å². The Morgan fingerprint density at radius 1 is 1.20 bits per heavy atom. The van der Waals surface area contributed by atoms with Crippen molar-refractivity contribution in [1.82, 2.24) is 19.8 Å². The molecule has 3 atom stereocenters. The fourth-order valence-electron chi connectivity index (χ4n) is 7.57. The summed E-state index contributed by atoms with van der Waals surface area (Å²) in [6, 6.07) is 9.68. The first-order valence-corrected chi connectivity index (χ1v) is 14.8. The second kappa shape index (κ2) is 10.9. The van der Waals surface area contributed by atoms with Gasteiger partial charge >= 0.3 is 6.01 Å². The largest absolute Gasteiger partial charge is 0.462 e. The summed E-state index contributed by atoms with van der Waals surface area (Å²) in [5.74, 6) is 0.803. The van der Waals surface area contributed by atoms with Crippen LogP contribution in [-0.2, 0) is 29.5 Å². The van der Waals surface area contributed by atoms with E-state index in [4.69, 9.17) is 14.7 Å². The van der Waals surface area contributed by atoms with E-state index in [0.29, 0.717) is 38.3 Å². The Kier molecular flexibility index (Phi) is 7.26. The summed E-state index contributed by atoms with van der Waals surface area (Å²) in [5.41, 5.74) is 6.82. The molecule has 0 saturated carbocycles. The van der Waals surface area contributed by atoms with Crippen LogP contribution < -0.4 is 9.64 Å². The number of fused-ring (bicyclic) bond motifs is 3. The number of piperazine rings is 1. The van der Waals surface area contributed by atoms with E-state index in [1.165, 1.54) is 34.8 Å². The SMILES string of the molecule is C=CC(=O)N1CCN(c2nc(OCC3CCCN3C)nc3c2CCC2(CCc4c(C)cccc42)C3)CC1CC#N. The summed E-state index contributed by atoms with van der Waals surface area (Å²) in [4.78, 5) is 29.0. The molecule has 4 aliphatic rings. The van der Waals surface area contributed by atoms with Crippen LogP contribution in [0.25, 0.3) is 0 Å². The van der Waals surface area contributed by atoms with E-state index in [-0.39, 0.29) is 23.8 Å². The molecule has 0 bridgehead atoms. The molecule has 1 amide bonds. The van der Waals surface area contributed by atoms with Crippen molar-refractivity contribution < 1.29 is 9.53 Å². The van der Waals surface area contributed by atoms with Gasteiger partial charge in [-0.2, -0.15) is 15.2 Å². The Balaban J connectivity index is 1.34. The molecule has 2 saturated heterocycles. The number of likely N-dealkylation sites (N-methyl/N-ethyl adjacent to an activating group) is 1. The number of nitriles is 1. The highest BCUT2D eigenvalue weighted by Crippen LogP contribution is 2.49. The second-order valence-corrected chi connectivity index (χ2v) is 12.1. The summed E-state index contributed by atoms with van der Waals surface area (Å²) < 4.78 is 6.33. The Bertz CT molecular complexity index is 1350. The van der Waals surface area contributed by atoms with Gasteiger partial charge in [0.15, 0.2) is 0 Å². The zero-order valence-corrected chi connectivity index (χ0v) is 23.9. The minimum Gasteiger partial charge on any atom is -0.462 e. The van der Waals surface area contributed by atoms with Gasteiger partial charge in [0.1, 0.15) is 12.4 Å². The number of carbonyl (C=O) groups excluding carboxylic acids is 1. The van der Waals surface area contributed by atoms with Gasteiger partial charge in [-0.25, -0.2) is 0 Å². The van der Waals surface area contributed by atoms with Crippen LogP contribution in [0.1, 0.15) is 60.1 Å². The first-order chi connectivity index (χ1) is 19.4. The quantitative estimate of drug-likeness (QED) is 0.516. The summed E-state index contributed by atoms with van der Waals surface area (Å²) in [7, 11) is 2.16. The highest BCUT2D eigenvalue weighted by molar-refractivity contribution is 5.87. The molecular formula is C32H40N6O2. The number of amides is 1. The average molecular weight is 541 g/mol. The van der Waals surface area contributed by atoms with Gasteiger partial charge in [-0.1, -0.05) is 24.8 Å². The number of hydrogen-bond donors (Lipinski definition) is 0. The zero-order valence-electron chi connectivity index (χ0n) is 23.9. The molecule has 3 unspecified atom stereocenters. The maximum atomic E-state index is 12.5.